The number of hydrogen-bond acceptors (Lipinski definition) is 22. The lowest BCUT2D eigenvalue weighted by molar-refractivity contribution is -0.0426. The zero-order chi connectivity index (χ0) is 79.5. The summed E-state index contributed by atoms with van der Waals surface area (Å²) in [5.41, 5.74) is 6.54. The van der Waals surface area contributed by atoms with Crippen molar-refractivity contribution in [1.29, 1.82) is 0 Å². The van der Waals surface area contributed by atoms with Crippen LogP contribution in [0.15, 0.2) is 203 Å². The van der Waals surface area contributed by atoms with Crippen molar-refractivity contribution in [1.82, 2.24) is 83.2 Å². The number of anilines is 6. The van der Waals surface area contributed by atoms with Crippen molar-refractivity contribution >= 4 is 73.7 Å². The standard InChI is InChI=1S/C30H35N7O2.C28H33N7O2.C27H29N7O3/c1-3-18-36-28(38)24-19-32-29(33-23-14-10-21(11-15-23)20-8-12-22(31-2)13-9-20)35-27(24)37(36)26-7-4-6-25(34-26)30(39)16-5-17-30;1-6-14-34-26(36)22-17-29-27(30-20-12-10-18(11-13-20)19-15-21(16-19)33(4)5)32-25(22)35(34)24-9-7-8-23(31-24)28(2,3)37;1-5-13-33-25(35)21-16-28-26(29-19-11-9-17(10-12-19)18-14-20(15-18)32-37-4)31-24(21)34(33)23-8-6-7-22(30-23)27(2,3)36/h3-4,6-7,10-11,14-15,19-20,22,31,39H,1,5,8-9,12-13,16-18H2,2H3,(H,32,33,35);6-13,17,19,21,37H,1,14-16H2,2-5H3,(H,29,30,32);5-12,16,18,36H,1,13-15H2,2-4H3,(H,28,29,31). The van der Waals surface area contributed by atoms with Gasteiger partial charge in [0, 0.05) is 47.7 Å². The lowest BCUT2D eigenvalue weighted by atomic mass is 9.75. The molecule has 0 amide bonds. The lowest BCUT2D eigenvalue weighted by Gasteiger charge is -2.40. The van der Waals surface area contributed by atoms with E-state index in [9.17, 15) is 29.7 Å². The molecule has 0 unspecified atom stereocenters. The van der Waals surface area contributed by atoms with E-state index < -0.39 is 16.8 Å². The summed E-state index contributed by atoms with van der Waals surface area (Å²) in [4.78, 5) is 88.1. The molecule has 0 saturated heterocycles. The molecule has 4 saturated carbocycles. The fourth-order valence-electron chi connectivity index (χ4n) is 15.0. The van der Waals surface area contributed by atoms with Gasteiger partial charge in [0.05, 0.1) is 42.4 Å². The SMILES string of the molecule is C=CCn1c(=O)c2cnc(Nc3ccc(C4CC(=NOC)C4)cc3)nc2n1-c1cccc(C(C)(C)O)n1.C=CCn1c(=O)c2cnc(Nc3ccc(C4CC(N(C)C)C4)cc3)nc2n1-c1cccc(C(C)(C)O)n1.C=CCn1c(=O)c2cnc(Nc3ccc(C4CCC(NC)CC4)cc3)nc2n1-c1cccc(C2(O)CCC2)n1. The number of nitrogens with zero attached hydrogens (tertiary/aromatic N) is 17. The molecule has 584 valence electrons. The average molecular weight is 1520 g/mol. The molecular formula is C85H97N21O7. The first-order chi connectivity index (χ1) is 54.4. The number of fused-ring (bicyclic) bond motifs is 3. The van der Waals surface area contributed by atoms with Crippen molar-refractivity contribution in [3.05, 3.63) is 249 Å². The highest BCUT2D eigenvalue weighted by Gasteiger charge is 2.38. The topological polar surface area (TPSA) is 330 Å². The van der Waals surface area contributed by atoms with Gasteiger partial charge >= 0.3 is 0 Å². The molecule has 12 aromatic rings. The second-order valence-corrected chi connectivity index (χ2v) is 30.7. The zero-order valence-electron chi connectivity index (χ0n) is 65.1. The first-order valence-corrected chi connectivity index (χ1v) is 38.4. The Morgan fingerprint density at radius 2 is 0.912 bits per heavy atom. The molecule has 113 heavy (non-hydrogen) atoms. The van der Waals surface area contributed by atoms with E-state index in [1.807, 2.05) is 49.5 Å². The van der Waals surface area contributed by atoms with Gasteiger partial charge in [-0.15, -0.1) is 19.7 Å². The molecule has 0 spiro atoms. The zero-order valence-corrected chi connectivity index (χ0v) is 65.1. The van der Waals surface area contributed by atoms with Crippen LogP contribution in [0.1, 0.15) is 150 Å². The monoisotopic (exact) mass is 1520 g/mol. The molecule has 7 N–H and O–H groups in total. The van der Waals surface area contributed by atoms with Crippen LogP contribution in [-0.4, -0.2) is 139 Å². The van der Waals surface area contributed by atoms with Gasteiger partial charge in [0.2, 0.25) is 17.8 Å². The molecule has 3 aromatic carbocycles. The van der Waals surface area contributed by atoms with Crippen molar-refractivity contribution < 1.29 is 20.2 Å². The van der Waals surface area contributed by atoms with Gasteiger partial charge in [-0.05, 0) is 227 Å². The summed E-state index contributed by atoms with van der Waals surface area (Å²) in [5, 5.41) is 50.2. The second-order valence-electron chi connectivity index (χ2n) is 30.7. The number of hydrogen-bond donors (Lipinski definition) is 7. The Morgan fingerprint density at radius 3 is 1.27 bits per heavy atom. The van der Waals surface area contributed by atoms with Gasteiger partial charge in [-0.25, -0.2) is 58.0 Å². The molecule has 9 aromatic heterocycles. The molecule has 28 heteroatoms. The minimum absolute atomic E-state index is 0.219. The van der Waals surface area contributed by atoms with Gasteiger partial charge in [0.15, 0.2) is 34.4 Å². The Morgan fingerprint density at radius 1 is 0.531 bits per heavy atom. The molecule has 16 rings (SSSR count). The average Bonchev–Trinajstić information content (AvgIpc) is 1.61. The summed E-state index contributed by atoms with van der Waals surface area (Å²) >= 11 is 0. The van der Waals surface area contributed by atoms with Crippen LogP contribution in [0.25, 0.3) is 50.6 Å². The number of aliphatic hydroxyl groups is 3. The highest BCUT2D eigenvalue weighted by molar-refractivity contribution is 5.91. The second kappa shape index (κ2) is 32.8. The van der Waals surface area contributed by atoms with Crippen LogP contribution >= 0.6 is 0 Å². The number of aromatic nitrogens is 15. The van der Waals surface area contributed by atoms with Crippen LogP contribution in [0, 0.1) is 0 Å². The summed E-state index contributed by atoms with van der Waals surface area (Å²) < 4.78 is 9.55. The lowest BCUT2D eigenvalue weighted by Crippen LogP contribution is -2.39. The van der Waals surface area contributed by atoms with Gasteiger partial charge in [-0.1, -0.05) is 78.0 Å². The minimum Gasteiger partial charge on any atom is -0.399 e. The predicted octanol–water partition coefficient (Wildman–Crippen LogP) is 12.5. The van der Waals surface area contributed by atoms with Crippen LogP contribution in [0.4, 0.5) is 34.9 Å². The molecule has 0 atom stereocenters. The largest absolute Gasteiger partial charge is 0.399 e. The number of pyridine rings is 3. The third-order valence-electron chi connectivity index (χ3n) is 21.8. The summed E-state index contributed by atoms with van der Waals surface area (Å²) in [5.74, 6) is 4.20. The number of rotatable bonds is 24. The highest BCUT2D eigenvalue weighted by atomic mass is 16.6. The molecule has 0 aliphatic heterocycles. The first kappa shape index (κ1) is 77.8. The smallest absolute Gasteiger partial charge is 0.278 e. The maximum atomic E-state index is 13.3. The molecule has 0 bridgehead atoms. The summed E-state index contributed by atoms with van der Waals surface area (Å²) in [6.07, 6.45) is 20.9. The first-order valence-electron chi connectivity index (χ1n) is 38.4. The molecule has 4 fully saturated rings. The Hall–Kier alpha value is -12.0. The van der Waals surface area contributed by atoms with Crippen molar-refractivity contribution in [2.75, 3.05) is 44.2 Å². The summed E-state index contributed by atoms with van der Waals surface area (Å²) in [6.45, 7) is 18.9. The van der Waals surface area contributed by atoms with Crippen LogP contribution in [0.3, 0.4) is 0 Å². The van der Waals surface area contributed by atoms with Crippen LogP contribution in [0.2, 0.25) is 0 Å². The minimum atomic E-state index is -1.14. The fraction of sp³-hybridized carbons (Fsp3) is 0.353. The number of allylic oxidation sites excluding steroid dienone is 3. The summed E-state index contributed by atoms with van der Waals surface area (Å²) in [6, 6.07) is 42.4. The predicted molar refractivity (Wildman–Crippen MR) is 441 cm³/mol. The van der Waals surface area contributed by atoms with E-state index in [1.165, 1.54) is 77.0 Å². The van der Waals surface area contributed by atoms with Gasteiger partial charge in [0.1, 0.15) is 40.1 Å². The van der Waals surface area contributed by atoms with Crippen LogP contribution < -0.4 is 37.9 Å². The van der Waals surface area contributed by atoms with Gasteiger partial charge < -0.3 is 46.3 Å². The molecule has 4 aliphatic rings. The Balaban J connectivity index is 0.000000141. The number of nitrogens with one attached hydrogen (secondary N) is 4. The maximum absolute atomic E-state index is 13.3. The number of benzene rings is 3. The van der Waals surface area contributed by atoms with Crippen molar-refractivity contribution in [2.45, 2.75) is 165 Å². The quantitative estimate of drug-likeness (QED) is 0.0218. The molecule has 4 aliphatic carbocycles. The fourth-order valence-corrected chi connectivity index (χ4v) is 15.0. The highest BCUT2D eigenvalue weighted by Crippen LogP contribution is 2.42. The Labute approximate surface area is 654 Å². The third kappa shape index (κ3) is 16.6. The van der Waals surface area contributed by atoms with Gasteiger partial charge in [-0.2, -0.15) is 15.0 Å². The van der Waals surface area contributed by atoms with E-state index in [2.05, 4.69) is 144 Å². The van der Waals surface area contributed by atoms with Gasteiger partial charge in [0.25, 0.3) is 16.7 Å². The van der Waals surface area contributed by atoms with E-state index in [0.717, 1.165) is 42.0 Å². The molecule has 0 radical (unpaired) electrons. The van der Waals surface area contributed by atoms with Crippen molar-refractivity contribution in [3.63, 3.8) is 0 Å². The van der Waals surface area contributed by atoms with Crippen molar-refractivity contribution in [3.8, 4) is 17.5 Å². The maximum Gasteiger partial charge on any atom is 0.278 e. The van der Waals surface area contributed by atoms with Crippen LogP contribution in [0.5, 0.6) is 0 Å². The Kier molecular flexibility index (Phi) is 22.6. The molecular weight excluding hydrogens is 1430 g/mol. The normalized spacial score (nSPS) is 17.9. The Bertz CT molecular complexity index is 5680. The number of oxime groups is 1. The van der Waals surface area contributed by atoms with Gasteiger partial charge in [-0.3, -0.25) is 14.4 Å². The summed E-state index contributed by atoms with van der Waals surface area (Å²) in [7, 11) is 7.88. The van der Waals surface area contributed by atoms with E-state index >= 15 is 0 Å². The molecule has 9 heterocycles. The van der Waals surface area contributed by atoms with Crippen LogP contribution in [-0.2, 0) is 41.3 Å². The van der Waals surface area contributed by atoms with E-state index in [4.69, 9.17) is 19.8 Å². The van der Waals surface area contributed by atoms with E-state index in [0.29, 0.717) is 128 Å². The van der Waals surface area contributed by atoms with E-state index in [1.54, 1.807) is 114 Å². The van der Waals surface area contributed by atoms with Crippen molar-refractivity contribution in [2.24, 2.45) is 5.16 Å². The molecule has 28 nitrogen and oxygen atoms in total. The third-order valence-corrected chi connectivity index (χ3v) is 21.8. The van der Waals surface area contributed by atoms with E-state index in [-0.39, 0.29) is 36.3 Å².